The maximum atomic E-state index is 12.7. The van der Waals surface area contributed by atoms with Gasteiger partial charge in [0, 0.05) is 11.6 Å². The molecule has 0 fully saturated rings. The molecule has 0 aliphatic carbocycles. The van der Waals surface area contributed by atoms with E-state index in [0.29, 0.717) is 24.1 Å². The van der Waals surface area contributed by atoms with Crippen molar-refractivity contribution < 1.29 is 13.9 Å². The predicted molar refractivity (Wildman–Crippen MR) is 121 cm³/mol. The zero-order valence-electron chi connectivity index (χ0n) is 17.7. The second-order valence-corrected chi connectivity index (χ2v) is 7.40. The number of methoxy groups -OCH3 is 1. The molecule has 2 aromatic carbocycles. The van der Waals surface area contributed by atoms with Crippen LogP contribution in [-0.4, -0.2) is 22.6 Å². The van der Waals surface area contributed by atoms with Crippen molar-refractivity contribution in [1.82, 2.24) is 9.55 Å². The van der Waals surface area contributed by atoms with Crippen LogP contribution in [0.25, 0.3) is 11.3 Å². The number of hydrogen-bond acceptors (Lipinski definition) is 6. The van der Waals surface area contributed by atoms with Crippen molar-refractivity contribution in [2.24, 2.45) is 0 Å². The molecule has 162 valence electrons. The molecule has 0 unspecified atom stereocenters. The molecule has 0 saturated carbocycles. The second kappa shape index (κ2) is 9.34. The van der Waals surface area contributed by atoms with Gasteiger partial charge in [-0.2, -0.15) is 0 Å². The zero-order valence-corrected chi connectivity index (χ0v) is 17.7. The molecule has 0 bridgehead atoms. The van der Waals surface area contributed by atoms with Gasteiger partial charge in [0.05, 0.1) is 31.2 Å². The predicted octanol–water partition coefficient (Wildman–Crippen LogP) is 3.71. The Bertz CT molecular complexity index is 1290. The first-order chi connectivity index (χ1) is 15.5. The molecule has 2 N–H and O–H groups in total. The number of rotatable bonds is 7. The molecule has 32 heavy (non-hydrogen) atoms. The van der Waals surface area contributed by atoms with E-state index in [0.717, 1.165) is 22.5 Å². The molecule has 0 radical (unpaired) electrons. The van der Waals surface area contributed by atoms with Crippen LogP contribution in [0.3, 0.4) is 0 Å². The largest absolute Gasteiger partial charge is 0.465 e. The molecule has 0 saturated heterocycles. The van der Waals surface area contributed by atoms with E-state index < -0.39 is 5.97 Å². The number of nitrogen functional groups attached to an aromatic ring is 1. The highest BCUT2D eigenvalue weighted by atomic mass is 16.5. The topological polar surface area (TPSA) is 100 Å². The van der Waals surface area contributed by atoms with Crippen LogP contribution in [0.5, 0.6) is 0 Å². The standard InChI is InChI=1S/C25H23N3O4/c1-31-24(30)20-8-3-6-18(14-20)16-28-23(29)15-21(27-25(28)26)11-10-17-5-2-7-19(13-17)22-9-4-12-32-22/h2-9,12-15H,10-11,16H2,1H3,(H2,26,27). The van der Waals surface area contributed by atoms with E-state index in [-0.39, 0.29) is 18.1 Å². The highest BCUT2D eigenvalue weighted by Gasteiger charge is 2.10. The average molecular weight is 429 g/mol. The van der Waals surface area contributed by atoms with E-state index in [1.807, 2.05) is 36.4 Å². The summed E-state index contributed by atoms with van der Waals surface area (Å²) in [5.74, 6) is 0.519. The lowest BCUT2D eigenvalue weighted by Crippen LogP contribution is -2.25. The van der Waals surface area contributed by atoms with Gasteiger partial charge in [0.2, 0.25) is 5.95 Å². The summed E-state index contributed by atoms with van der Waals surface area (Å²) in [6, 6.07) is 20.3. The quantitative estimate of drug-likeness (QED) is 0.450. The number of nitrogens with zero attached hydrogens (tertiary/aromatic N) is 2. The molecule has 4 rings (SSSR count). The number of carbonyl (C=O) groups excluding carboxylic acids is 1. The van der Waals surface area contributed by atoms with Crippen LogP contribution < -0.4 is 11.3 Å². The number of aryl methyl sites for hydroxylation is 2. The maximum absolute atomic E-state index is 12.7. The molecular weight excluding hydrogens is 406 g/mol. The lowest BCUT2D eigenvalue weighted by Gasteiger charge is -2.11. The van der Waals surface area contributed by atoms with Crippen LogP contribution in [0.15, 0.2) is 82.2 Å². The lowest BCUT2D eigenvalue weighted by molar-refractivity contribution is 0.0600. The van der Waals surface area contributed by atoms with Gasteiger partial charge < -0.3 is 14.9 Å². The minimum Gasteiger partial charge on any atom is -0.465 e. The van der Waals surface area contributed by atoms with E-state index in [1.165, 1.54) is 17.7 Å². The van der Waals surface area contributed by atoms with Crippen molar-refractivity contribution in [1.29, 1.82) is 0 Å². The van der Waals surface area contributed by atoms with Crippen molar-refractivity contribution in [2.75, 3.05) is 12.8 Å². The van der Waals surface area contributed by atoms with Gasteiger partial charge in [-0.25, -0.2) is 9.78 Å². The van der Waals surface area contributed by atoms with E-state index in [4.69, 9.17) is 14.9 Å². The molecule has 0 amide bonds. The first-order valence-corrected chi connectivity index (χ1v) is 10.2. The Hall–Kier alpha value is -4.13. The number of ether oxygens (including phenoxy) is 1. The Morgan fingerprint density at radius 1 is 1.03 bits per heavy atom. The van der Waals surface area contributed by atoms with Crippen LogP contribution in [0.1, 0.15) is 27.2 Å². The lowest BCUT2D eigenvalue weighted by atomic mass is 10.0. The molecule has 2 heterocycles. The monoisotopic (exact) mass is 429 g/mol. The van der Waals surface area contributed by atoms with Crippen molar-refractivity contribution >= 4 is 11.9 Å². The van der Waals surface area contributed by atoms with Crippen molar-refractivity contribution in [3.63, 3.8) is 0 Å². The summed E-state index contributed by atoms with van der Waals surface area (Å²) in [7, 11) is 1.33. The summed E-state index contributed by atoms with van der Waals surface area (Å²) in [4.78, 5) is 28.9. The number of aromatic nitrogens is 2. The summed E-state index contributed by atoms with van der Waals surface area (Å²) in [5, 5.41) is 0. The Labute approximate surface area is 185 Å². The first-order valence-electron chi connectivity index (χ1n) is 10.2. The number of anilines is 1. The van der Waals surface area contributed by atoms with Crippen LogP contribution in [0.4, 0.5) is 5.95 Å². The molecule has 0 aliphatic rings. The van der Waals surface area contributed by atoms with E-state index in [1.54, 1.807) is 24.5 Å². The Kier molecular flexibility index (Phi) is 6.17. The fraction of sp³-hybridized carbons (Fsp3) is 0.160. The minimum atomic E-state index is -0.434. The molecular formula is C25H23N3O4. The summed E-state index contributed by atoms with van der Waals surface area (Å²) in [6.45, 7) is 0.216. The van der Waals surface area contributed by atoms with E-state index in [2.05, 4.69) is 11.1 Å². The third kappa shape index (κ3) is 4.78. The number of hydrogen-bond donors (Lipinski definition) is 1. The van der Waals surface area contributed by atoms with Crippen LogP contribution >= 0.6 is 0 Å². The number of nitrogens with two attached hydrogens (primary N) is 1. The van der Waals surface area contributed by atoms with Crippen molar-refractivity contribution in [2.45, 2.75) is 19.4 Å². The molecule has 0 aliphatic heterocycles. The number of esters is 1. The van der Waals surface area contributed by atoms with Crippen molar-refractivity contribution in [3.8, 4) is 11.3 Å². The van der Waals surface area contributed by atoms with Crippen molar-refractivity contribution in [3.05, 3.63) is 106 Å². The first kappa shape index (κ1) is 21.1. The molecule has 2 aromatic heterocycles. The highest BCUT2D eigenvalue weighted by Crippen LogP contribution is 2.21. The smallest absolute Gasteiger partial charge is 0.337 e. The Morgan fingerprint density at radius 3 is 2.59 bits per heavy atom. The summed E-state index contributed by atoms with van der Waals surface area (Å²) in [6.07, 6.45) is 2.95. The zero-order chi connectivity index (χ0) is 22.5. The molecule has 0 spiro atoms. The highest BCUT2D eigenvalue weighted by molar-refractivity contribution is 5.89. The number of furan rings is 1. The summed E-state index contributed by atoms with van der Waals surface area (Å²) in [5.41, 5.74) is 9.79. The Balaban J connectivity index is 1.48. The van der Waals surface area contributed by atoms with Gasteiger partial charge in [0.25, 0.3) is 5.56 Å². The molecule has 4 aromatic rings. The van der Waals surface area contributed by atoms with Gasteiger partial charge >= 0.3 is 5.97 Å². The summed E-state index contributed by atoms with van der Waals surface area (Å²) < 4.78 is 11.6. The van der Waals surface area contributed by atoms with Gasteiger partial charge in [-0.1, -0.05) is 30.3 Å². The average Bonchev–Trinajstić information content (AvgIpc) is 3.35. The van der Waals surface area contributed by atoms with Gasteiger partial charge in [0.1, 0.15) is 5.76 Å². The van der Waals surface area contributed by atoms with Gasteiger partial charge in [0.15, 0.2) is 0 Å². The summed E-state index contributed by atoms with van der Waals surface area (Å²) >= 11 is 0. The van der Waals surface area contributed by atoms with Crippen LogP contribution in [0, 0.1) is 0 Å². The minimum absolute atomic E-state index is 0.139. The normalized spacial score (nSPS) is 10.8. The second-order valence-electron chi connectivity index (χ2n) is 7.40. The van der Waals surface area contributed by atoms with Gasteiger partial charge in [-0.05, 0) is 54.3 Å². The fourth-order valence-corrected chi connectivity index (χ4v) is 3.55. The van der Waals surface area contributed by atoms with Gasteiger partial charge in [-0.3, -0.25) is 9.36 Å². The SMILES string of the molecule is COC(=O)c1cccc(Cn2c(N)nc(CCc3cccc(-c4ccco4)c3)cc2=O)c1. The van der Waals surface area contributed by atoms with E-state index in [9.17, 15) is 9.59 Å². The fourth-order valence-electron chi connectivity index (χ4n) is 3.55. The third-order valence-corrected chi connectivity index (χ3v) is 5.18. The van der Waals surface area contributed by atoms with E-state index >= 15 is 0 Å². The maximum Gasteiger partial charge on any atom is 0.337 e. The number of carbonyl (C=O) groups is 1. The Morgan fingerprint density at radius 2 is 1.84 bits per heavy atom. The van der Waals surface area contributed by atoms with Gasteiger partial charge in [-0.15, -0.1) is 0 Å². The number of benzene rings is 2. The molecule has 7 heteroatoms. The third-order valence-electron chi connectivity index (χ3n) is 5.18. The molecule has 7 nitrogen and oxygen atoms in total. The molecule has 0 atom stereocenters. The van der Waals surface area contributed by atoms with Crippen LogP contribution in [-0.2, 0) is 24.1 Å². The van der Waals surface area contributed by atoms with Crippen LogP contribution in [0.2, 0.25) is 0 Å².